The number of nitrogens with zero attached hydrogens (tertiary/aromatic N) is 3. The number of aliphatic hydroxyl groups is 1. The van der Waals surface area contributed by atoms with Crippen molar-refractivity contribution >= 4 is 23.1 Å². The molecule has 0 saturated carbocycles. The minimum atomic E-state index is -0.188. The number of hydrogen-bond donors (Lipinski definition) is 1. The number of aromatic nitrogens is 2. The third-order valence-electron chi connectivity index (χ3n) is 3.08. The van der Waals surface area contributed by atoms with E-state index in [1.54, 1.807) is 0 Å². The van der Waals surface area contributed by atoms with Crippen LogP contribution in [0.4, 0.5) is 11.5 Å². The van der Waals surface area contributed by atoms with E-state index in [0.29, 0.717) is 11.4 Å². The first-order valence-electron chi connectivity index (χ1n) is 6.10. The van der Waals surface area contributed by atoms with Gasteiger partial charge in [0.05, 0.1) is 12.2 Å². The first-order chi connectivity index (χ1) is 9.17. The van der Waals surface area contributed by atoms with E-state index in [0.717, 1.165) is 12.1 Å². The molecule has 4 nitrogen and oxygen atoms in total. The molecule has 100 valence electrons. The van der Waals surface area contributed by atoms with E-state index < -0.39 is 0 Å². The molecule has 2 aromatic rings. The molecule has 1 N–H and O–H groups in total. The van der Waals surface area contributed by atoms with Gasteiger partial charge in [0.15, 0.2) is 0 Å². The Labute approximate surface area is 117 Å². The Morgan fingerprint density at radius 1 is 1.21 bits per heavy atom. The van der Waals surface area contributed by atoms with Gasteiger partial charge in [-0.15, -0.1) is 0 Å². The predicted octanol–water partition coefficient (Wildman–Crippen LogP) is 2.95. The molecule has 0 aliphatic rings. The van der Waals surface area contributed by atoms with Gasteiger partial charge in [0, 0.05) is 12.7 Å². The Kier molecular flexibility index (Phi) is 4.35. The Hall–Kier alpha value is -1.65. The number of halogens is 1. The summed E-state index contributed by atoms with van der Waals surface area (Å²) in [5, 5.41) is 9.67. The summed E-state index contributed by atoms with van der Waals surface area (Å²) in [4.78, 5) is 9.97. The van der Waals surface area contributed by atoms with Crippen LogP contribution in [0.1, 0.15) is 18.1 Å². The number of anilines is 2. The van der Waals surface area contributed by atoms with Gasteiger partial charge in [-0.2, -0.15) is 0 Å². The molecule has 5 heteroatoms. The van der Waals surface area contributed by atoms with E-state index in [-0.39, 0.29) is 11.8 Å². The third kappa shape index (κ3) is 2.85. The maximum atomic E-state index is 9.39. The second kappa shape index (κ2) is 5.99. The second-order valence-electron chi connectivity index (χ2n) is 4.20. The molecule has 2 rings (SSSR count). The van der Waals surface area contributed by atoms with Gasteiger partial charge in [-0.3, -0.25) is 0 Å². The van der Waals surface area contributed by atoms with E-state index in [1.165, 1.54) is 11.9 Å². The summed E-state index contributed by atoms with van der Waals surface area (Å²) in [6, 6.07) is 8.20. The summed E-state index contributed by atoms with van der Waals surface area (Å²) in [5.41, 5.74) is 2.80. The molecule has 0 unspecified atom stereocenters. The molecule has 0 fully saturated rings. The second-order valence-corrected chi connectivity index (χ2v) is 4.56. The maximum Gasteiger partial charge on any atom is 0.143 e. The zero-order valence-electron chi connectivity index (χ0n) is 11.0. The normalized spacial score (nSPS) is 10.5. The Bertz CT molecular complexity index is 557. The third-order valence-corrected chi connectivity index (χ3v) is 3.40. The number of benzene rings is 1. The number of aliphatic hydroxyl groups excluding tert-OH is 1. The average molecular weight is 278 g/mol. The van der Waals surface area contributed by atoms with Crippen LogP contribution in [0.15, 0.2) is 30.6 Å². The van der Waals surface area contributed by atoms with E-state index in [1.807, 2.05) is 24.1 Å². The van der Waals surface area contributed by atoms with Gasteiger partial charge in [-0.25, -0.2) is 9.97 Å². The molecule has 0 saturated heterocycles. The lowest BCUT2D eigenvalue weighted by atomic mass is 10.1. The number of hydrogen-bond acceptors (Lipinski definition) is 4. The summed E-state index contributed by atoms with van der Waals surface area (Å²) in [6.45, 7) is 1.93. The molecule has 1 aromatic heterocycles. The van der Waals surface area contributed by atoms with Crippen molar-refractivity contribution in [2.75, 3.05) is 11.9 Å². The number of rotatable bonds is 4. The standard InChI is InChI=1S/C14H16ClN3O/c1-3-10-4-6-11(7-5-10)18(2)14-12(8-19)13(15)16-9-17-14/h4-7,9,19H,3,8H2,1-2H3. The monoisotopic (exact) mass is 277 g/mol. The lowest BCUT2D eigenvalue weighted by Crippen LogP contribution is -2.14. The maximum absolute atomic E-state index is 9.39. The quantitative estimate of drug-likeness (QED) is 0.873. The van der Waals surface area contributed by atoms with E-state index in [2.05, 4.69) is 29.0 Å². The summed E-state index contributed by atoms with van der Waals surface area (Å²) in [6.07, 6.45) is 2.40. The molecule has 0 aliphatic heterocycles. The van der Waals surface area contributed by atoms with Crippen molar-refractivity contribution in [2.24, 2.45) is 0 Å². The minimum absolute atomic E-state index is 0.188. The molecule has 0 atom stereocenters. The van der Waals surface area contributed by atoms with Crippen LogP contribution in [0.5, 0.6) is 0 Å². The SMILES string of the molecule is CCc1ccc(N(C)c2ncnc(Cl)c2CO)cc1. The lowest BCUT2D eigenvalue weighted by Gasteiger charge is -2.21. The lowest BCUT2D eigenvalue weighted by molar-refractivity contribution is 0.281. The fourth-order valence-corrected chi connectivity index (χ4v) is 2.07. The van der Waals surface area contributed by atoms with Crippen LogP contribution in [0.3, 0.4) is 0 Å². The van der Waals surface area contributed by atoms with Crippen LogP contribution in [0.25, 0.3) is 0 Å². The van der Waals surface area contributed by atoms with Crippen LogP contribution in [-0.2, 0) is 13.0 Å². The molecule has 0 bridgehead atoms. The highest BCUT2D eigenvalue weighted by molar-refractivity contribution is 6.30. The molecular weight excluding hydrogens is 262 g/mol. The first-order valence-corrected chi connectivity index (χ1v) is 6.48. The fraction of sp³-hybridized carbons (Fsp3) is 0.286. The highest BCUT2D eigenvalue weighted by atomic mass is 35.5. The summed E-state index contributed by atoms with van der Waals surface area (Å²) >= 11 is 5.97. The van der Waals surface area contributed by atoms with Gasteiger partial charge in [-0.05, 0) is 24.1 Å². The van der Waals surface area contributed by atoms with Crippen molar-refractivity contribution in [3.8, 4) is 0 Å². The molecule has 1 heterocycles. The summed E-state index contributed by atoms with van der Waals surface area (Å²) in [5.74, 6) is 0.617. The minimum Gasteiger partial charge on any atom is -0.391 e. The van der Waals surface area contributed by atoms with Crippen molar-refractivity contribution in [1.82, 2.24) is 9.97 Å². The van der Waals surface area contributed by atoms with Crippen molar-refractivity contribution in [2.45, 2.75) is 20.0 Å². The molecule has 0 amide bonds. The highest BCUT2D eigenvalue weighted by Gasteiger charge is 2.14. The van der Waals surface area contributed by atoms with Crippen molar-refractivity contribution in [1.29, 1.82) is 0 Å². The van der Waals surface area contributed by atoms with Crippen LogP contribution >= 0.6 is 11.6 Å². The van der Waals surface area contributed by atoms with Gasteiger partial charge in [-0.1, -0.05) is 30.7 Å². The molecule has 0 aliphatic carbocycles. The van der Waals surface area contributed by atoms with Crippen LogP contribution in [0.2, 0.25) is 5.15 Å². The predicted molar refractivity (Wildman–Crippen MR) is 76.8 cm³/mol. The Morgan fingerprint density at radius 3 is 2.47 bits per heavy atom. The fourth-order valence-electron chi connectivity index (χ4n) is 1.88. The molecule has 0 spiro atoms. The molecule has 19 heavy (non-hydrogen) atoms. The van der Waals surface area contributed by atoms with Crippen LogP contribution in [-0.4, -0.2) is 22.1 Å². The van der Waals surface area contributed by atoms with Gasteiger partial charge in [0.1, 0.15) is 17.3 Å². The van der Waals surface area contributed by atoms with E-state index >= 15 is 0 Å². The Morgan fingerprint density at radius 2 is 1.89 bits per heavy atom. The van der Waals surface area contributed by atoms with E-state index in [9.17, 15) is 5.11 Å². The van der Waals surface area contributed by atoms with Gasteiger partial charge >= 0.3 is 0 Å². The van der Waals surface area contributed by atoms with Crippen LogP contribution in [0, 0.1) is 0 Å². The Balaban J connectivity index is 2.37. The zero-order chi connectivity index (χ0) is 13.8. The van der Waals surface area contributed by atoms with Gasteiger partial charge < -0.3 is 10.0 Å². The molecule has 0 radical (unpaired) electrons. The summed E-state index contributed by atoms with van der Waals surface area (Å²) < 4.78 is 0. The average Bonchev–Trinajstić information content (AvgIpc) is 2.46. The van der Waals surface area contributed by atoms with Crippen LogP contribution < -0.4 is 4.90 Å². The number of aryl methyl sites for hydroxylation is 1. The molecule has 1 aromatic carbocycles. The van der Waals surface area contributed by atoms with Crippen molar-refractivity contribution in [3.05, 3.63) is 46.9 Å². The van der Waals surface area contributed by atoms with Gasteiger partial charge in [0.25, 0.3) is 0 Å². The smallest absolute Gasteiger partial charge is 0.143 e. The first kappa shape index (κ1) is 13.8. The highest BCUT2D eigenvalue weighted by Crippen LogP contribution is 2.28. The van der Waals surface area contributed by atoms with Crippen molar-refractivity contribution in [3.63, 3.8) is 0 Å². The largest absolute Gasteiger partial charge is 0.391 e. The van der Waals surface area contributed by atoms with Gasteiger partial charge in [0.2, 0.25) is 0 Å². The topological polar surface area (TPSA) is 49.2 Å². The zero-order valence-corrected chi connectivity index (χ0v) is 11.7. The van der Waals surface area contributed by atoms with Crippen molar-refractivity contribution < 1.29 is 5.11 Å². The molecular formula is C14H16ClN3O. The summed E-state index contributed by atoms with van der Waals surface area (Å²) in [7, 11) is 1.89. The van der Waals surface area contributed by atoms with E-state index in [4.69, 9.17) is 11.6 Å².